The number of nitrogens with one attached hydrogen (secondary N) is 1. The van der Waals surface area contributed by atoms with Gasteiger partial charge in [-0.05, 0) is 37.0 Å². The van der Waals surface area contributed by atoms with Gasteiger partial charge in [-0.2, -0.15) is 0 Å². The molecule has 0 bridgehead atoms. The van der Waals surface area contributed by atoms with E-state index >= 15 is 0 Å². The zero-order chi connectivity index (χ0) is 17.8. The van der Waals surface area contributed by atoms with E-state index in [9.17, 15) is 18.8 Å². The lowest BCUT2D eigenvalue weighted by Gasteiger charge is -2.14. The topological polar surface area (TPSA) is 66.5 Å². The molecule has 2 atom stereocenters. The number of hydrogen-bond donors (Lipinski definition) is 1. The van der Waals surface area contributed by atoms with Crippen LogP contribution in [0, 0.1) is 17.7 Å². The summed E-state index contributed by atoms with van der Waals surface area (Å²) < 4.78 is 12.8. The van der Waals surface area contributed by atoms with Crippen LogP contribution in [0.25, 0.3) is 0 Å². The van der Waals surface area contributed by atoms with Crippen LogP contribution in [0.1, 0.15) is 31.2 Å². The molecule has 1 aliphatic heterocycles. The maximum absolute atomic E-state index is 12.8. The minimum Gasteiger partial charge on any atom is -0.352 e. The minimum absolute atomic E-state index is 0.105. The van der Waals surface area contributed by atoms with E-state index in [0.717, 1.165) is 5.56 Å². The Hall–Kier alpha value is -2.50. The number of carbonyl (C=O) groups is 3. The smallest absolute Gasteiger partial charge is 0.233 e. The Morgan fingerprint density at radius 2 is 1.68 bits per heavy atom. The average molecular weight is 344 g/mol. The van der Waals surface area contributed by atoms with Gasteiger partial charge in [0, 0.05) is 19.5 Å². The van der Waals surface area contributed by atoms with Crippen LogP contribution in [0.2, 0.25) is 0 Å². The molecular formula is C19H21FN2O3. The summed E-state index contributed by atoms with van der Waals surface area (Å²) in [4.78, 5) is 37.8. The zero-order valence-electron chi connectivity index (χ0n) is 13.9. The van der Waals surface area contributed by atoms with E-state index in [0.29, 0.717) is 25.8 Å². The standard InChI is InChI=1S/C19H21FN2O3/c20-14-9-7-13(8-10-14)12-21-17(23)6-3-11-22-18(24)15-4-1-2-5-16(15)19(22)25/h1-2,7-10,15-16H,3-6,11-12H2,(H,21,23)/t15-,16-/m0/s1. The first-order chi connectivity index (χ1) is 12.1. The van der Waals surface area contributed by atoms with Crippen molar-refractivity contribution in [2.45, 2.75) is 32.2 Å². The van der Waals surface area contributed by atoms with Gasteiger partial charge in [0.05, 0.1) is 11.8 Å². The van der Waals surface area contributed by atoms with Crippen LogP contribution in [0.3, 0.4) is 0 Å². The normalized spacial score (nSPS) is 22.2. The fourth-order valence-electron chi connectivity index (χ4n) is 3.38. The molecule has 1 aromatic carbocycles. The molecule has 1 aromatic rings. The molecule has 2 aliphatic rings. The van der Waals surface area contributed by atoms with E-state index in [4.69, 9.17) is 0 Å². The number of imide groups is 1. The molecular weight excluding hydrogens is 323 g/mol. The first kappa shape index (κ1) is 17.3. The second-order valence-electron chi connectivity index (χ2n) is 6.49. The summed E-state index contributed by atoms with van der Waals surface area (Å²) in [5.41, 5.74) is 0.816. The number of likely N-dealkylation sites (tertiary alicyclic amines) is 1. The third-order valence-corrected chi connectivity index (χ3v) is 4.79. The van der Waals surface area contributed by atoms with Gasteiger partial charge < -0.3 is 5.32 Å². The van der Waals surface area contributed by atoms with Crippen molar-refractivity contribution in [1.82, 2.24) is 10.2 Å². The second kappa shape index (κ2) is 7.59. The molecule has 1 heterocycles. The number of nitrogens with zero attached hydrogens (tertiary/aromatic N) is 1. The predicted octanol–water partition coefficient (Wildman–Crippen LogP) is 2.17. The molecule has 1 aliphatic carbocycles. The molecule has 25 heavy (non-hydrogen) atoms. The quantitative estimate of drug-likeness (QED) is 0.635. The van der Waals surface area contributed by atoms with E-state index in [2.05, 4.69) is 5.32 Å². The van der Waals surface area contributed by atoms with Gasteiger partial charge in [-0.15, -0.1) is 0 Å². The number of halogens is 1. The molecule has 0 spiro atoms. The molecule has 0 radical (unpaired) electrons. The molecule has 0 saturated carbocycles. The monoisotopic (exact) mass is 344 g/mol. The van der Waals surface area contributed by atoms with Crippen molar-refractivity contribution >= 4 is 17.7 Å². The number of carbonyl (C=O) groups excluding carboxylic acids is 3. The van der Waals surface area contributed by atoms with Gasteiger partial charge in [0.1, 0.15) is 5.82 Å². The highest BCUT2D eigenvalue weighted by atomic mass is 19.1. The third kappa shape index (κ3) is 3.95. The summed E-state index contributed by atoms with van der Waals surface area (Å²) in [7, 11) is 0. The number of fused-ring (bicyclic) bond motifs is 1. The van der Waals surface area contributed by atoms with Crippen molar-refractivity contribution < 1.29 is 18.8 Å². The highest BCUT2D eigenvalue weighted by Crippen LogP contribution is 2.35. The van der Waals surface area contributed by atoms with Crippen LogP contribution in [0.4, 0.5) is 4.39 Å². The second-order valence-corrected chi connectivity index (χ2v) is 6.49. The number of amides is 3. The fourth-order valence-corrected chi connectivity index (χ4v) is 3.38. The highest BCUT2D eigenvalue weighted by molar-refractivity contribution is 6.05. The van der Waals surface area contributed by atoms with Crippen LogP contribution in [-0.2, 0) is 20.9 Å². The SMILES string of the molecule is O=C(CCCN1C(=O)[C@H]2CC=CC[C@@H]2C1=O)NCc1ccc(F)cc1. The van der Waals surface area contributed by atoms with Crippen molar-refractivity contribution in [1.29, 1.82) is 0 Å². The van der Waals surface area contributed by atoms with Gasteiger partial charge >= 0.3 is 0 Å². The minimum atomic E-state index is -0.314. The first-order valence-corrected chi connectivity index (χ1v) is 8.57. The number of benzene rings is 1. The lowest BCUT2D eigenvalue weighted by Crippen LogP contribution is -2.33. The molecule has 3 rings (SSSR count). The predicted molar refractivity (Wildman–Crippen MR) is 89.6 cm³/mol. The van der Waals surface area contributed by atoms with Gasteiger partial charge in [0.2, 0.25) is 17.7 Å². The summed E-state index contributed by atoms with van der Waals surface area (Å²) in [5, 5.41) is 2.76. The van der Waals surface area contributed by atoms with Crippen LogP contribution >= 0.6 is 0 Å². The first-order valence-electron chi connectivity index (χ1n) is 8.57. The molecule has 6 heteroatoms. The Morgan fingerprint density at radius 1 is 1.08 bits per heavy atom. The molecule has 1 fully saturated rings. The molecule has 1 saturated heterocycles. The van der Waals surface area contributed by atoms with E-state index in [1.807, 2.05) is 12.2 Å². The Morgan fingerprint density at radius 3 is 2.28 bits per heavy atom. The molecule has 0 aromatic heterocycles. The summed E-state index contributed by atoms with van der Waals surface area (Å²) in [6, 6.07) is 5.93. The molecule has 3 amide bonds. The van der Waals surface area contributed by atoms with Crippen LogP contribution < -0.4 is 5.32 Å². The van der Waals surface area contributed by atoms with Crippen molar-refractivity contribution in [2.75, 3.05) is 6.54 Å². The van der Waals surface area contributed by atoms with Crippen molar-refractivity contribution in [3.8, 4) is 0 Å². The van der Waals surface area contributed by atoms with E-state index in [1.165, 1.54) is 17.0 Å². The molecule has 5 nitrogen and oxygen atoms in total. The lowest BCUT2D eigenvalue weighted by molar-refractivity contribution is -0.140. The van der Waals surface area contributed by atoms with Gasteiger partial charge in [0.25, 0.3) is 0 Å². The largest absolute Gasteiger partial charge is 0.352 e. The summed E-state index contributed by atoms with van der Waals surface area (Å²) in [5.74, 6) is -1.11. The Labute approximate surface area is 145 Å². The lowest BCUT2D eigenvalue weighted by atomic mass is 9.85. The van der Waals surface area contributed by atoms with Crippen molar-refractivity contribution in [2.24, 2.45) is 11.8 Å². The maximum Gasteiger partial charge on any atom is 0.233 e. The van der Waals surface area contributed by atoms with Crippen LogP contribution in [0.5, 0.6) is 0 Å². The maximum atomic E-state index is 12.8. The molecule has 1 N–H and O–H groups in total. The van der Waals surface area contributed by atoms with Gasteiger partial charge in [-0.1, -0.05) is 24.3 Å². The average Bonchev–Trinajstić information content (AvgIpc) is 2.86. The Kier molecular flexibility index (Phi) is 5.26. The van der Waals surface area contributed by atoms with Crippen LogP contribution in [-0.4, -0.2) is 29.2 Å². The molecule has 0 unspecified atom stereocenters. The number of hydrogen-bond acceptors (Lipinski definition) is 3. The van der Waals surface area contributed by atoms with Gasteiger partial charge in [0.15, 0.2) is 0 Å². The number of rotatable bonds is 6. The van der Waals surface area contributed by atoms with Gasteiger partial charge in [-0.25, -0.2) is 4.39 Å². The fraction of sp³-hybridized carbons (Fsp3) is 0.421. The third-order valence-electron chi connectivity index (χ3n) is 4.79. The number of allylic oxidation sites excluding steroid dienone is 2. The Balaban J connectivity index is 1.42. The van der Waals surface area contributed by atoms with E-state index in [-0.39, 0.29) is 48.3 Å². The summed E-state index contributed by atoms with van der Waals surface area (Å²) in [6.45, 7) is 0.616. The van der Waals surface area contributed by atoms with E-state index < -0.39 is 0 Å². The van der Waals surface area contributed by atoms with Crippen LogP contribution in [0.15, 0.2) is 36.4 Å². The van der Waals surface area contributed by atoms with Crippen molar-refractivity contribution in [3.05, 3.63) is 47.8 Å². The van der Waals surface area contributed by atoms with Gasteiger partial charge in [-0.3, -0.25) is 19.3 Å². The Bertz CT molecular complexity index is 673. The highest BCUT2D eigenvalue weighted by Gasteiger charge is 2.46. The van der Waals surface area contributed by atoms with Crippen molar-refractivity contribution in [3.63, 3.8) is 0 Å². The molecule has 132 valence electrons. The summed E-state index contributed by atoms with van der Waals surface area (Å²) in [6.07, 6.45) is 5.86. The zero-order valence-corrected chi connectivity index (χ0v) is 13.9. The summed E-state index contributed by atoms with van der Waals surface area (Å²) >= 11 is 0. The van der Waals surface area contributed by atoms with E-state index in [1.54, 1.807) is 12.1 Å².